The van der Waals surface area contributed by atoms with E-state index in [2.05, 4.69) is 241 Å². The Kier molecular flexibility index (Phi) is 7.53. The molecule has 10 aromatic carbocycles. The van der Waals surface area contributed by atoms with Crippen LogP contribution in [0.5, 0.6) is 23.0 Å². The molecular formula is C62H39NO2. The van der Waals surface area contributed by atoms with E-state index in [4.69, 9.17) is 9.47 Å². The van der Waals surface area contributed by atoms with Crippen LogP contribution in [0.15, 0.2) is 237 Å². The first-order chi connectivity index (χ1) is 32.2. The van der Waals surface area contributed by atoms with Gasteiger partial charge in [-0.1, -0.05) is 170 Å². The van der Waals surface area contributed by atoms with Crippen molar-refractivity contribution in [3.63, 3.8) is 0 Å². The molecule has 304 valence electrons. The molecular weight excluding hydrogens is 791 g/mol. The van der Waals surface area contributed by atoms with E-state index in [9.17, 15) is 0 Å². The molecule has 3 heteroatoms. The van der Waals surface area contributed by atoms with Gasteiger partial charge >= 0.3 is 0 Å². The Morgan fingerprint density at radius 3 is 1.25 bits per heavy atom. The lowest BCUT2D eigenvalue weighted by molar-refractivity contribution is 0.436. The number of para-hydroxylation sites is 5. The molecule has 0 radical (unpaired) electrons. The second-order valence-corrected chi connectivity index (χ2v) is 17.5. The number of hydrogen-bond donors (Lipinski definition) is 0. The number of hydrogen-bond acceptors (Lipinski definition) is 3. The van der Waals surface area contributed by atoms with E-state index in [1.54, 1.807) is 0 Å². The topological polar surface area (TPSA) is 21.7 Å². The van der Waals surface area contributed by atoms with Crippen molar-refractivity contribution >= 4 is 17.1 Å². The van der Waals surface area contributed by atoms with Crippen LogP contribution >= 0.6 is 0 Å². The molecule has 65 heavy (non-hydrogen) atoms. The van der Waals surface area contributed by atoms with Crippen molar-refractivity contribution in [1.82, 2.24) is 0 Å². The number of fused-ring (bicyclic) bond motifs is 18. The SMILES string of the molecule is c1ccc(N(c2cccc(-c3ccc4c(c3)-c3ccccc3C43c4ccccc4Oc4ccccc43)c2)c2ccc3c(c2)C2(c4ccccc4Oc4ccccc42)c2ccccc2-3)cc1. The van der Waals surface area contributed by atoms with Crippen molar-refractivity contribution < 1.29 is 9.47 Å². The highest BCUT2D eigenvalue weighted by Gasteiger charge is 2.52. The minimum Gasteiger partial charge on any atom is -0.457 e. The lowest BCUT2D eigenvalue weighted by atomic mass is 9.66. The van der Waals surface area contributed by atoms with Gasteiger partial charge in [0.25, 0.3) is 0 Å². The third kappa shape index (κ3) is 4.84. The molecule has 4 aliphatic rings. The van der Waals surface area contributed by atoms with Crippen molar-refractivity contribution in [3.05, 3.63) is 281 Å². The van der Waals surface area contributed by atoms with Crippen molar-refractivity contribution in [1.29, 1.82) is 0 Å². The van der Waals surface area contributed by atoms with E-state index < -0.39 is 10.8 Å². The Morgan fingerprint density at radius 2 is 0.662 bits per heavy atom. The van der Waals surface area contributed by atoms with Gasteiger partial charge < -0.3 is 14.4 Å². The van der Waals surface area contributed by atoms with Gasteiger partial charge in [-0.25, -0.2) is 0 Å². The van der Waals surface area contributed by atoms with Gasteiger partial charge in [0.1, 0.15) is 23.0 Å². The molecule has 2 heterocycles. The molecule has 0 N–H and O–H groups in total. The fourth-order valence-electron chi connectivity index (χ4n) is 11.9. The average Bonchev–Trinajstić information content (AvgIpc) is 3.82. The summed E-state index contributed by atoms with van der Waals surface area (Å²) in [6, 6.07) is 86.0. The van der Waals surface area contributed by atoms with Gasteiger partial charge in [0.2, 0.25) is 0 Å². The summed E-state index contributed by atoms with van der Waals surface area (Å²) >= 11 is 0. The van der Waals surface area contributed by atoms with Crippen LogP contribution in [-0.2, 0) is 10.8 Å². The summed E-state index contributed by atoms with van der Waals surface area (Å²) in [6.07, 6.45) is 0. The van der Waals surface area contributed by atoms with E-state index >= 15 is 0 Å². The minimum absolute atomic E-state index is 0.502. The van der Waals surface area contributed by atoms with E-state index in [0.717, 1.165) is 62.3 Å². The Bertz CT molecular complexity index is 3500. The van der Waals surface area contributed by atoms with Gasteiger partial charge in [-0.05, 0) is 122 Å². The van der Waals surface area contributed by atoms with Gasteiger partial charge in [0.05, 0.1) is 10.8 Å². The summed E-state index contributed by atoms with van der Waals surface area (Å²) in [6.45, 7) is 0. The van der Waals surface area contributed by atoms with E-state index in [1.807, 2.05) is 0 Å². The van der Waals surface area contributed by atoms with Crippen LogP contribution < -0.4 is 14.4 Å². The molecule has 2 aliphatic heterocycles. The first kappa shape index (κ1) is 36.1. The summed E-state index contributed by atoms with van der Waals surface area (Å²) in [5.41, 5.74) is 19.2. The summed E-state index contributed by atoms with van der Waals surface area (Å²) < 4.78 is 13.3. The zero-order valence-electron chi connectivity index (χ0n) is 35.3. The molecule has 14 rings (SSSR count). The highest BCUT2D eigenvalue weighted by Crippen LogP contribution is 2.64. The Balaban J connectivity index is 0.948. The summed E-state index contributed by atoms with van der Waals surface area (Å²) in [4.78, 5) is 2.41. The summed E-state index contributed by atoms with van der Waals surface area (Å²) in [5, 5.41) is 0. The lowest BCUT2D eigenvalue weighted by Crippen LogP contribution is -2.32. The van der Waals surface area contributed by atoms with Crippen LogP contribution in [0.4, 0.5) is 17.1 Å². The molecule has 2 spiro atoms. The fourth-order valence-corrected chi connectivity index (χ4v) is 11.9. The lowest BCUT2D eigenvalue weighted by Gasteiger charge is -2.39. The molecule has 3 nitrogen and oxygen atoms in total. The fraction of sp³-hybridized carbons (Fsp3) is 0.0323. The number of nitrogens with zero attached hydrogens (tertiary/aromatic N) is 1. The smallest absolute Gasteiger partial charge is 0.132 e. The largest absolute Gasteiger partial charge is 0.457 e. The third-order valence-corrected chi connectivity index (χ3v) is 14.4. The van der Waals surface area contributed by atoms with Gasteiger partial charge in [-0.2, -0.15) is 0 Å². The molecule has 0 atom stereocenters. The molecule has 2 aliphatic carbocycles. The van der Waals surface area contributed by atoms with Crippen molar-refractivity contribution in [2.75, 3.05) is 4.90 Å². The summed E-state index contributed by atoms with van der Waals surface area (Å²) in [5.74, 6) is 3.58. The van der Waals surface area contributed by atoms with Crippen LogP contribution in [0.25, 0.3) is 33.4 Å². The first-order valence-corrected chi connectivity index (χ1v) is 22.4. The molecule has 0 amide bonds. The van der Waals surface area contributed by atoms with Crippen molar-refractivity contribution in [3.8, 4) is 56.4 Å². The van der Waals surface area contributed by atoms with Crippen molar-refractivity contribution in [2.45, 2.75) is 10.8 Å². The molecule has 0 aromatic heterocycles. The second-order valence-electron chi connectivity index (χ2n) is 17.5. The second kappa shape index (κ2) is 13.6. The standard InChI is InChI=1S/C62H39NO2/c1-2-18-42(19-3-1)63(44-34-35-47-45-21-4-6-23-49(45)62(56(47)39-44)54-27-10-14-31-59(54)65-60-32-15-11-28-55(60)62)43-20-16-17-40(37-43)41-33-36-51-48(38-41)46-22-5-7-24-50(46)61(51)52-25-8-12-29-57(52)64-58-30-13-9-26-53(58)61/h1-39H. The molecule has 0 bridgehead atoms. The highest BCUT2D eigenvalue weighted by molar-refractivity contribution is 5.93. The van der Waals surface area contributed by atoms with E-state index in [0.29, 0.717) is 0 Å². The summed E-state index contributed by atoms with van der Waals surface area (Å²) in [7, 11) is 0. The quantitative estimate of drug-likeness (QED) is 0.176. The predicted molar refractivity (Wildman–Crippen MR) is 261 cm³/mol. The first-order valence-electron chi connectivity index (χ1n) is 22.4. The van der Waals surface area contributed by atoms with E-state index in [-0.39, 0.29) is 0 Å². The number of anilines is 3. The van der Waals surface area contributed by atoms with Crippen LogP contribution in [0, 0.1) is 0 Å². The van der Waals surface area contributed by atoms with Crippen molar-refractivity contribution in [2.24, 2.45) is 0 Å². The third-order valence-electron chi connectivity index (χ3n) is 14.4. The molecule has 0 fully saturated rings. The van der Waals surface area contributed by atoms with Gasteiger partial charge in [-0.3, -0.25) is 0 Å². The zero-order chi connectivity index (χ0) is 42.7. The Labute approximate surface area is 378 Å². The molecule has 0 unspecified atom stereocenters. The van der Waals surface area contributed by atoms with Crippen LogP contribution in [-0.4, -0.2) is 0 Å². The highest BCUT2D eigenvalue weighted by atomic mass is 16.5. The van der Waals surface area contributed by atoms with E-state index in [1.165, 1.54) is 55.6 Å². The predicted octanol–water partition coefficient (Wildman–Crippen LogP) is 15.8. The maximum atomic E-state index is 6.66. The Morgan fingerprint density at radius 1 is 0.246 bits per heavy atom. The zero-order valence-corrected chi connectivity index (χ0v) is 35.3. The van der Waals surface area contributed by atoms with Crippen LogP contribution in [0.3, 0.4) is 0 Å². The maximum Gasteiger partial charge on any atom is 0.132 e. The number of benzene rings is 10. The van der Waals surface area contributed by atoms with Gasteiger partial charge in [0.15, 0.2) is 0 Å². The van der Waals surface area contributed by atoms with Gasteiger partial charge in [-0.15, -0.1) is 0 Å². The molecule has 10 aromatic rings. The maximum absolute atomic E-state index is 6.66. The number of rotatable bonds is 4. The normalized spacial score (nSPS) is 14.3. The molecule has 0 saturated heterocycles. The minimum atomic E-state index is -0.568. The average molecular weight is 830 g/mol. The van der Waals surface area contributed by atoms with Gasteiger partial charge in [0, 0.05) is 39.3 Å². The van der Waals surface area contributed by atoms with Crippen LogP contribution in [0.1, 0.15) is 44.5 Å². The van der Waals surface area contributed by atoms with Crippen LogP contribution in [0.2, 0.25) is 0 Å². The Hall–Kier alpha value is -8.40. The monoisotopic (exact) mass is 829 g/mol. The number of ether oxygens (including phenoxy) is 2. The molecule has 0 saturated carbocycles.